The average Bonchev–Trinajstić information content (AvgIpc) is 3.32. The molecule has 0 spiro atoms. The molecule has 0 atom stereocenters. The Morgan fingerprint density at radius 2 is 1.01 bits per heavy atom. The molecule has 0 unspecified atom stereocenters. The SMILES string of the molecule is COC(=O)c1ccc(CN(c2ccc(F)c(Cl)c2)S(=O)(=O)C2CCN(C3CN(S(C)(=O)=O)C3)CC2)nc1.COC(=O)c1ccc(CN(c2ccc(F)c(Cl)c2)S(=O)(=O)C2CCN(C3CNC3)CC2)nc1.CS(=O)(=O)Cl.Cl. The number of halogens is 6. The fraction of sp³-hybridized carbons (Fsp3) is 0.478. The second-order valence-corrected chi connectivity index (χ2v) is 28.2. The molecule has 76 heavy (non-hydrogen) atoms. The minimum absolute atomic E-state index is 0. The normalized spacial score (nSPS) is 17.5. The van der Waals surface area contributed by atoms with E-state index in [2.05, 4.69) is 45.2 Å². The molecule has 0 saturated carbocycles. The van der Waals surface area contributed by atoms with Crippen LogP contribution in [0, 0.1) is 11.6 Å². The number of aromatic nitrogens is 2. The summed E-state index contributed by atoms with van der Waals surface area (Å²) in [5.74, 6) is -2.38. The molecule has 420 valence electrons. The summed E-state index contributed by atoms with van der Waals surface area (Å²) in [6, 6.07) is 14.3. The lowest BCUT2D eigenvalue weighted by Gasteiger charge is -2.46. The van der Waals surface area contributed by atoms with E-state index in [-0.39, 0.29) is 64.1 Å². The molecule has 0 amide bonds. The lowest BCUT2D eigenvalue weighted by molar-refractivity contribution is 0.0591. The van der Waals surface area contributed by atoms with Gasteiger partial charge in [0.1, 0.15) is 11.6 Å². The highest BCUT2D eigenvalue weighted by Gasteiger charge is 2.42. The number of hydrogen-bond acceptors (Lipinski definition) is 17. The van der Waals surface area contributed by atoms with E-state index in [1.54, 1.807) is 6.07 Å². The third-order valence-electron chi connectivity index (χ3n) is 13.0. The van der Waals surface area contributed by atoms with Gasteiger partial charge in [-0.25, -0.2) is 52.0 Å². The van der Waals surface area contributed by atoms with Crippen molar-refractivity contribution >= 4 is 109 Å². The van der Waals surface area contributed by atoms with Crippen molar-refractivity contribution in [1.82, 2.24) is 29.4 Å². The Kier molecular flexibility index (Phi) is 22.1. The van der Waals surface area contributed by atoms with Crippen molar-refractivity contribution in [1.29, 1.82) is 0 Å². The molecular formula is C46H58Cl4F2N8O12S4. The monoisotopic (exact) mass is 1220 g/mol. The number of hydrogen-bond donors (Lipinski definition) is 1. The van der Waals surface area contributed by atoms with Crippen LogP contribution in [-0.2, 0) is 61.7 Å². The van der Waals surface area contributed by atoms with Gasteiger partial charge < -0.3 is 14.8 Å². The fourth-order valence-electron chi connectivity index (χ4n) is 8.63. The number of benzene rings is 2. The van der Waals surface area contributed by atoms with Crippen LogP contribution in [0.15, 0.2) is 73.1 Å². The van der Waals surface area contributed by atoms with Crippen LogP contribution in [0.3, 0.4) is 0 Å². The van der Waals surface area contributed by atoms with E-state index in [0.29, 0.717) is 82.4 Å². The number of piperidine rings is 2. The number of nitrogens with one attached hydrogen (secondary N) is 1. The van der Waals surface area contributed by atoms with Gasteiger partial charge >= 0.3 is 11.9 Å². The maximum atomic E-state index is 13.9. The summed E-state index contributed by atoms with van der Waals surface area (Å²) in [4.78, 5) is 36.3. The number of esters is 2. The Balaban J connectivity index is 0.000000256. The van der Waals surface area contributed by atoms with Crippen LogP contribution in [0.5, 0.6) is 0 Å². The van der Waals surface area contributed by atoms with Gasteiger partial charge in [-0.2, -0.15) is 4.31 Å². The second-order valence-electron chi connectivity index (χ2n) is 18.1. The maximum Gasteiger partial charge on any atom is 0.339 e. The van der Waals surface area contributed by atoms with Crippen LogP contribution in [0.25, 0.3) is 0 Å². The predicted octanol–water partition coefficient (Wildman–Crippen LogP) is 5.15. The molecule has 0 bridgehead atoms. The number of nitrogens with zero attached hydrogens (tertiary/aromatic N) is 7. The van der Waals surface area contributed by atoms with Crippen molar-refractivity contribution in [2.45, 2.75) is 61.4 Å². The van der Waals surface area contributed by atoms with Crippen molar-refractivity contribution in [3.05, 3.63) is 117 Å². The summed E-state index contributed by atoms with van der Waals surface area (Å²) in [6.45, 7) is 4.91. The zero-order valence-corrected chi connectivity index (χ0v) is 47.9. The van der Waals surface area contributed by atoms with Crippen molar-refractivity contribution in [3.8, 4) is 0 Å². The Labute approximate surface area is 462 Å². The van der Waals surface area contributed by atoms with Crippen molar-refractivity contribution in [2.24, 2.45) is 0 Å². The minimum Gasteiger partial charge on any atom is -0.465 e. The van der Waals surface area contributed by atoms with Crippen molar-refractivity contribution in [3.63, 3.8) is 0 Å². The number of pyridine rings is 2. The summed E-state index contributed by atoms with van der Waals surface area (Å²) in [7, 11) is -7.11. The molecule has 2 aromatic heterocycles. The number of carbonyl (C=O) groups excluding carboxylic acids is 2. The van der Waals surface area contributed by atoms with Gasteiger partial charge in [0.05, 0.1) is 94.3 Å². The topological polar surface area (TPSA) is 243 Å². The van der Waals surface area contributed by atoms with E-state index in [0.717, 1.165) is 31.5 Å². The van der Waals surface area contributed by atoms with Gasteiger partial charge in [0.2, 0.25) is 39.1 Å². The molecule has 8 rings (SSSR count). The molecule has 4 aliphatic heterocycles. The van der Waals surface area contributed by atoms with Crippen LogP contribution in [0.2, 0.25) is 10.0 Å². The van der Waals surface area contributed by atoms with E-state index in [1.807, 2.05) is 0 Å². The van der Waals surface area contributed by atoms with Gasteiger partial charge in [0.25, 0.3) is 0 Å². The maximum absolute atomic E-state index is 13.9. The van der Waals surface area contributed by atoms with E-state index >= 15 is 0 Å². The Bertz CT molecular complexity index is 3110. The number of carbonyl (C=O) groups is 2. The van der Waals surface area contributed by atoms with Crippen LogP contribution >= 0.6 is 46.3 Å². The van der Waals surface area contributed by atoms with Crippen LogP contribution in [0.4, 0.5) is 20.2 Å². The summed E-state index contributed by atoms with van der Waals surface area (Å²) in [5.41, 5.74) is 1.78. The Hall–Kier alpha value is -4.06. The lowest BCUT2D eigenvalue weighted by atomic mass is 10.0. The van der Waals surface area contributed by atoms with E-state index in [4.69, 9.17) is 23.2 Å². The molecule has 4 aromatic rings. The zero-order valence-electron chi connectivity index (χ0n) is 41.6. The molecule has 0 aliphatic carbocycles. The fourth-order valence-corrected chi connectivity index (χ4v) is 13.6. The largest absolute Gasteiger partial charge is 0.465 e. The molecule has 1 N–H and O–H groups in total. The molecule has 4 saturated heterocycles. The first kappa shape index (κ1) is 62.8. The van der Waals surface area contributed by atoms with E-state index in [1.165, 1.54) is 88.2 Å². The molecule has 0 radical (unpaired) electrons. The van der Waals surface area contributed by atoms with Gasteiger partial charge in [-0.15, -0.1) is 12.4 Å². The number of rotatable bonds is 15. The molecule has 4 fully saturated rings. The quantitative estimate of drug-likeness (QED) is 0.120. The summed E-state index contributed by atoms with van der Waals surface area (Å²) >= 11 is 11.9. The number of methoxy groups -OCH3 is 2. The first-order valence-electron chi connectivity index (χ1n) is 23.2. The number of anilines is 2. The highest BCUT2D eigenvalue weighted by molar-refractivity contribution is 8.13. The van der Waals surface area contributed by atoms with Gasteiger partial charge in [-0.05, 0) is 113 Å². The van der Waals surface area contributed by atoms with Gasteiger partial charge in [0, 0.05) is 61.3 Å². The average molecular weight is 1220 g/mol. The first-order chi connectivity index (χ1) is 35.2. The lowest BCUT2D eigenvalue weighted by Crippen LogP contribution is -2.62. The van der Waals surface area contributed by atoms with E-state index < -0.39 is 73.2 Å². The number of sulfonamides is 3. The molecule has 2 aromatic carbocycles. The summed E-state index contributed by atoms with van der Waals surface area (Å²) in [5, 5.41) is 1.61. The number of ether oxygens (including phenoxy) is 2. The summed E-state index contributed by atoms with van der Waals surface area (Å²) in [6.07, 6.45) is 6.49. The predicted molar refractivity (Wildman–Crippen MR) is 288 cm³/mol. The molecule has 30 heteroatoms. The molecule has 4 aliphatic rings. The Morgan fingerprint density at radius 1 is 0.645 bits per heavy atom. The van der Waals surface area contributed by atoms with Crippen molar-refractivity contribution in [2.75, 3.05) is 87.7 Å². The Morgan fingerprint density at radius 3 is 1.30 bits per heavy atom. The third kappa shape index (κ3) is 16.5. The third-order valence-corrected chi connectivity index (χ3v) is 19.3. The van der Waals surface area contributed by atoms with Gasteiger partial charge in [-0.1, -0.05) is 23.2 Å². The highest BCUT2D eigenvalue weighted by Crippen LogP contribution is 2.34. The van der Waals surface area contributed by atoms with Crippen LogP contribution < -0.4 is 13.9 Å². The smallest absolute Gasteiger partial charge is 0.339 e. The van der Waals surface area contributed by atoms with Crippen molar-refractivity contribution < 1.29 is 61.5 Å². The number of likely N-dealkylation sites (tertiary alicyclic amines) is 2. The zero-order chi connectivity index (χ0) is 55.0. The van der Waals surface area contributed by atoms with Crippen LogP contribution in [-0.4, -0.2) is 171 Å². The van der Waals surface area contributed by atoms with Gasteiger partial charge in [-0.3, -0.25) is 28.4 Å². The molecular weight excluding hydrogens is 1160 g/mol. The molecule has 20 nitrogen and oxygen atoms in total. The highest BCUT2D eigenvalue weighted by atomic mass is 35.7. The van der Waals surface area contributed by atoms with Crippen LogP contribution in [0.1, 0.15) is 57.8 Å². The first-order valence-corrected chi connectivity index (χ1v) is 31.6. The second kappa shape index (κ2) is 26.7. The minimum atomic E-state index is -3.92. The summed E-state index contributed by atoms with van der Waals surface area (Å²) < 4.78 is 138. The molecule has 6 heterocycles. The standard InChI is InChI=1S/C23H28ClFN4O6S2.C22H26ClFN4O4S.CH3ClO2S.ClH/c1-35-23(30)16-3-4-17(26-12-16)13-29(18-5-6-22(25)21(24)11-18)37(33,34)20-7-9-27(10-8-20)19-14-28(15-19)36(2,31)32;1-32-22(29)15-2-3-16(26-11-15)14-28(17-4-5-21(24)20(23)10-17)33(30,31)19-6-8-27(9-7-19)18-12-25-13-18;1-5(2,3)4;/h3-6,11-12,19-20H,7-10,13-15H2,1-2H3;2-5,10-11,18-19,25H,6-9,12-14H2,1H3;1H3;1H. The van der Waals surface area contributed by atoms with Gasteiger partial charge in [0.15, 0.2) is 0 Å². The van der Waals surface area contributed by atoms with E-state index in [9.17, 15) is 52.0 Å².